The molecule has 8 heteroatoms. The Bertz CT molecular complexity index is 530. The van der Waals surface area contributed by atoms with Crippen LogP contribution in [0.2, 0.25) is 0 Å². The van der Waals surface area contributed by atoms with E-state index in [1.54, 1.807) is 0 Å². The molecule has 0 radical (unpaired) electrons. The van der Waals surface area contributed by atoms with Crippen molar-refractivity contribution in [2.24, 2.45) is 5.92 Å². The highest BCUT2D eigenvalue weighted by atomic mass is 35.5. The highest BCUT2D eigenvalue weighted by molar-refractivity contribution is 5.92. The molecule has 2 aliphatic heterocycles. The molecule has 0 spiro atoms. The largest absolute Gasteiger partial charge is 0.326 e. The maximum atomic E-state index is 12.3. The Morgan fingerprint density at radius 1 is 1.07 bits per heavy atom. The van der Waals surface area contributed by atoms with Gasteiger partial charge in [0.15, 0.2) is 0 Å². The first-order valence-corrected chi connectivity index (χ1v) is 9.30. The number of carbonyl (C=O) groups excluding carboxylic acids is 1. The number of hydrogen-bond acceptors (Lipinski definition) is 4. The van der Waals surface area contributed by atoms with E-state index in [-0.39, 0.29) is 49.0 Å². The van der Waals surface area contributed by atoms with Crippen molar-refractivity contribution in [2.75, 3.05) is 51.1 Å². The lowest BCUT2D eigenvalue weighted by Crippen LogP contribution is -2.45. The monoisotopic (exact) mass is 438 g/mol. The highest BCUT2D eigenvalue weighted by Crippen LogP contribution is 2.16. The van der Waals surface area contributed by atoms with E-state index in [0.717, 1.165) is 57.8 Å². The zero-order valence-electron chi connectivity index (χ0n) is 16.0. The van der Waals surface area contributed by atoms with E-state index in [9.17, 15) is 4.79 Å². The number of likely N-dealkylation sites (N-methyl/N-ethyl adjacent to an activating group) is 1. The lowest BCUT2D eigenvalue weighted by atomic mass is 9.99. The van der Waals surface area contributed by atoms with E-state index in [1.165, 1.54) is 18.7 Å². The number of nitrogens with one attached hydrogen (secondary N) is 2. The third-order valence-electron chi connectivity index (χ3n) is 5.21. The topological polar surface area (TPSA) is 47.6 Å². The molecular formula is C19H33Cl3N4O. The van der Waals surface area contributed by atoms with Gasteiger partial charge in [0.25, 0.3) is 0 Å². The van der Waals surface area contributed by atoms with Gasteiger partial charge in [-0.05, 0) is 43.6 Å². The van der Waals surface area contributed by atoms with Gasteiger partial charge in [-0.1, -0.05) is 19.1 Å². The number of anilines is 1. The number of rotatable bonds is 5. The Morgan fingerprint density at radius 3 is 2.26 bits per heavy atom. The fraction of sp³-hybridized carbons (Fsp3) is 0.632. The molecule has 1 atom stereocenters. The molecule has 2 aliphatic rings. The third-order valence-corrected chi connectivity index (χ3v) is 5.21. The van der Waals surface area contributed by atoms with Gasteiger partial charge in [-0.3, -0.25) is 9.69 Å². The summed E-state index contributed by atoms with van der Waals surface area (Å²) in [6.07, 6.45) is 2.07. The Balaban J connectivity index is 0.00000225. The summed E-state index contributed by atoms with van der Waals surface area (Å²) < 4.78 is 0. The molecule has 156 valence electrons. The second-order valence-corrected chi connectivity index (χ2v) is 6.94. The zero-order chi connectivity index (χ0) is 16.8. The Morgan fingerprint density at radius 2 is 1.70 bits per heavy atom. The number of hydrogen-bond donors (Lipinski definition) is 2. The van der Waals surface area contributed by atoms with Gasteiger partial charge in [0, 0.05) is 45.0 Å². The highest BCUT2D eigenvalue weighted by Gasteiger charge is 2.21. The molecule has 0 saturated carbocycles. The summed E-state index contributed by atoms with van der Waals surface area (Å²) >= 11 is 0. The van der Waals surface area contributed by atoms with Crippen molar-refractivity contribution in [3.63, 3.8) is 0 Å². The Kier molecular flexibility index (Phi) is 13.3. The summed E-state index contributed by atoms with van der Waals surface area (Å²) in [7, 11) is 0. The maximum absolute atomic E-state index is 12.3. The number of piperidine rings is 1. The van der Waals surface area contributed by atoms with Crippen LogP contribution in [0.4, 0.5) is 5.69 Å². The quantitative estimate of drug-likeness (QED) is 0.740. The van der Waals surface area contributed by atoms with E-state index in [4.69, 9.17) is 0 Å². The first-order valence-electron chi connectivity index (χ1n) is 9.30. The summed E-state index contributed by atoms with van der Waals surface area (Å²) in [5.74, 6) is 0.249. The number of nitrogens with zero attached hydrogens (tertiary/aromatic N) is 2. The SMILES string of the molecule is CCN1CCN(Cc2ccc(NC(=O)C3CCCNC3)cc2)CC1.Cl.Cl.Cl. The Hall–Kier alpha value is -0.560. The number of benzene rings is 1. The van der Waals surface area contributed by atoms with Crippen LogP contribution in [0, 0.1) is 5.92 Å². The standard InChI is InChI=1S/C19H30N4O.3ClH/c1-2-22-10-12-23(13-11-22)15-16-5-7-18(8-6-16)21-19(24)17-4-3-9-20-14-17;;;/h5-8,17,20H,2-4,9-15H2,1H3,(H,21,24);3*1H. The molecule has 27 heavy (non-hydrogen) atoms. The van der Waals surface area contributed by atoms with Crippen molar-refractivity contribution in [3.05, 3.63) is 29.8 Å². The second-order valence-electron chi connectivity index (χ2n) is 6.94. The predicted molar refractivity (Wildman–Crippen MR) is 120 cm³/mol. The van der Waals surface area contributed by atoms with Crippen molar-refractivity contribution in [1.82, 2.24) is 15.1 Å². The molecule has 1 aromatic carbocycles. The van der Waals surface area contributed by atoms with Crippen LogP contribution in [-0.4, -0.2) is 61.5 Å². The summed E-state index contributed by atoms with van der Waals surface area (Å²) in [4.78, 5) is 17.3. The molecule has 5 nitrogen and oxygen atoms in total. The molecule has 0 aliphatic carbocycles. The number of amides is 1. The predicted octanol–water partition coefficient (Wildman–Crippen LogP) is 3.03. The normalized spacial score (nSPS) is 20.6. The van der Waals surface area contributed by atoms with Crippen molar-refractivity contribution in [2.45, 2.75) is 26.3 Å². The van der Waals surface area contributed by atoms with E-state index < -0.39 is 0 Å². The van der Waals surface area contributed by atoms with E-state index in [0.29, 0.717) is 0 Å². The van der Waals surface area contributed by atoms with Gasteiger partial charge in [0.2, 0.25) is 5.91 Å². The first-order chi connectivity index (χ1) is 11.7. The van der Waals surface area contributed by atoms with E-state index in [2.05, 4.69) is 39.5 Å². The lowest BCUT2D eigenvalue weighted by molar-refractivity contribution is -0.120. The molecule has 2 heterocycles. The van der Waals surface area contributed by atoms with Crippen LogP contribution < -0.4 is 10.6 Å². The van der Waals surface area contributed by atoms with E-state index >= 15 is 0 Å². The van der Waals surface area contributed by atoms with Gasteiger partial charge in [-0.2, -0.15) is 0 Å². The molecule has 2 N–H and O–H groups in total. The summed E-state index contributed by atoms with van der Waals surface area (Å²) in [6, 6.07) is 8.35. The molecule has 0 bridgehead atoms. The van der Waals surface area contributed by atoms with Crippen LogP contribution in [-0.2, 0) is 11.3 Å². The molecule has 0 aromatic heterocycles. The van der Waals surface area contributed by atoms with Crippen molar-refractivity contribution < 1.29 is 4.79 Å². The minimum atomic E-state index is 0. The molecule has 2 fully saturated rings. The van der Waals surface area contributed by atoms with Crippen LogP contribution in [0.5, 0.6) is 0 Å². The van der Waals surface area contributed by atoms with Gasteiger partial charge in [0.1, 0.15) is 0 Å². The fourth-order valence-electron chi connectivity index (χ4n) is 3.54. The first kappa shape index (κ1) is 26.4. The number of piperazine rings is 1. The molecule has 2 saturated heterocycles. The number of halogens is 3. The maximum Gasteiger partial charge on any atom is 0.228 e. The fourth-order valence-corrected chi connectivity index (χ4v) is 3.54. The summed E-state index contributed by atoms with van der Waals surface area (Å²) in [5.41, 5.74) is 2.22. The van der Waals surface area contributed by atoms with Gasteiger partial charge < -0.3 is 15.5 Å². The molecule has 1 unspecified atom stereocenters. The van der Waals surface area contributed by atoms with Gasteiger partial charge in [-0.15, -0.1) is 37.2 Å². The molecular weight excluding hydrogens is 407 g/mol. The van der Waals surface area contributed by atoms with Gasteiger partial charge in [-0.25, -0.2) is 0 Å². The zero-order valence-corrected chi connectivity index (χ0v) is 18.4. The van der Waals surface area contributed by atoms with Crippen LogP contribution in [0.3, 0.4) is 0 Å². The lowest BCUT2D eigenvalue weighted by Gasteiger charge is -2.34. The Labute approximate surface area is 181 Å². The van der Waals surface area contributed by atoms with Crippen LogP contribution in [0.25, 0.3) is 0 Å². The molecule has 1 aromatic rings. The minimum Gasteiger partial charge on any atom is -0.326 e. The second kappa shape index (κ2) is 13.6. The van der Waals surface area contributed by atoms with Gasteiger partial charge >= 0.3 is 0 Å². The van der Waals surface area contributed by atoms with Crippen LogP contribution >= 0.6 is 37.2 Å². The smallest absolute Gasteiger partial charge is 0.228 e. The molecule has 1 amide bonds. The molecule has 3 rings (SSSR count). The summed E-state index contributed by atoms with van der Waals surface area (Å²) in [6.45, 7) is 10.8. The third kappa shape index (κ3) is 8.14. The average Bonchev–Trinajstić information content (AvgIpc) is 2.65. The van der Waals surface area contributed by atoms with E-state index in [1.807, 2.05) is 12.1 Å². The minimum absolute atomic E-state index is 0. The van der Waals surface area contributed by atoms with Gasteiger partial charge in [0.05, 0.1) is 5.92 Å². The van der Waals surface area contributed by atoms with Crippen molar-refractivity contribution in [3.8, 4) is 0 Å². The van der Waals surface area contributed by atoms with Crippen molar-refractivity contribution in [1.29, 1.82) is 0 Å². The van der Waals surface area contributed by atoms with Crippen molar-refractivity contribution >= 4 is 48.8 Å². The van der Waals surface area contributed by atoms with Crippen LogP contribution in [0.15, 0.2) is 24.3 Å². The van der Waals surface area contributed by atoms with Crippen LogP contribution in [0.1, 0.15) is 25.3 Å². The average molecular weight is 440 g/mol. The number of carbonyl (C=O) groups is 1. The summed E-state index contributed by atoms with van der Waals surface area (Å²) in [5, 5.41) is 6.35.